The average Bonchev–Trinajstić information content (AvgIpc) is 3.29. The molecule has 0 bridgehead atoms. The van der Waals surface area contributed by atoms with Gasteiger partial charge in [0.05, 0.1) is 16.2 Å². The third-order valence-electron chi connectivity index (χ3n) is 5.75. The van der Waals surface area contributed by atoms with Gasteiger partial charge < -0.3 is 10.1 Å². The van der Waals surface area contributed by atoms with E-state index in [0.29, 0.717) is 65.2 Å². The van der Waals surface area contributed by atoms with Gasteiger partial charge in [-0.1, -0.05) is 72.5 Å². The molecule has 2 aliphatic heterocycles. The molecule has 0 atom stereocenters. The molecule has 3 amide bonds. The minimum absolute atomic E-state index is 0.122. The summed E-state index contributed by atoms with van der Waals surface area (Å²) in [6, 6.07) is 17.1. The number of rotatable bonds is 10. The second-order valence-electron chi connectivity index (χ2n) is 8.07. The monoisotopic (exact) mass is 509 g/mol. The number of carbonyl (C=O) groups excluding carboxylic acids is 3. The largest absolute Gasteiger partial charge is 0.382 e. The van der Waals surface area contributed by atoms with Gasteiger partial charge in [0.15, 0.2) is 0 Å². The predicted molar refractivity (Wildman–Crippen MR) is 142 cm³/mol. The third-order valence-corrected chi connectivity index (χ3v) is 7.20. The summed E-state index contributed by atoms with van der Waals surface area (Å²) in [5.41, 5.74) is 2.69. The summed E-state index contributed by atoms with van der Waals surface area (Å²) in [5, 5.41) is 2.89. The molecule has 0 radical (unpaired) electrons. The van der Waals surface area contributed by atoms with Gasteiger partial charge in [-0.2, -0.15) is 0 Å². The highest BCUT2D eigenvalue weighted by molar-refractivity contribution is 8.26. The van der Waals surface area contributed by atoms with Crippen molar-refractivity contribution in [1.29, 1.82) is 0 Å². The van der Waals surface area contributed by atoms with Crippen LogP contribution in [-0.4, -0.2) is 59.8 Å². The predicted octanol–water partition coefficient (Wildman–Crippen LogP) is 3.39. The Labute approximate surface area is 214 Å². The number of hydrogen-bond donors (Lipinski definition) is 1. The van der Waals surface area contributed by atoms with Crippen molar-refractivity contribution in [2.24, 2.45) is 0 Å². The van der Waals surface area contributed by atoms with E-state index >= 15 is 0 Å². The molecule has 2 aromatic carbocycles. The Morgan fingerprint density at radius 1 is 1.03 bits per heavy atom. The summed E-state index contributed by atoms with van der Waals surface area (Å²) in [6.45, 7) is 3.85. The van der Waals surface area contributed by atoms with Crippen LogP contribution in [0.25, 0.3) is 5.57 Å². The summed E-state index contributed by atoms with van der Waals surface area (Å²) >= 11 is 6.58. The van der Waals surface area contributed by atoms with Crippen LogP contribution in [0.15, 0.2) is 59.5 Å². The molecule has 0 saturated carbocycles. The van der Waals surface area contributed by atoms with Gasteiger partial charge in [-0.3, -0.25) is 24.2 Å². The Kier molecular flexibility index (Phi) is 8.33. The van der Waals surface area contributed by atoms with Crippen LogP contribution in [0.5, 0.6) is 0 Å². The smallest absolute Gasteiger partial charge is 0.267 e. The molecule has 0 aliphatic carbocycles. The van der Waals surface area contributed by atoms with Crippen LogP contribution in [0.2, 0.25) is 0 Å². The summed E-state index contributed by atoms with van der Waals surface area (Å²) in [5.74, 6) is -0.892. The van der Waals surface area contributed by atoms with E-state index in [9.17, 15) is 14.4 Å². The van der Waals surface area contributed by atoms with E-state index in [1.165, 1.54) is 9.80 Å². The van der Waals surface area contributed by atoms with Crippen molar-refractivity contribution < 1.29 is 19.1 Å². The Morgan fingerprint density at radius 2 is 1.77 bits per heavy atom. The first kappa shape index (κ1) is 25.1. The average molecular weight is 510 g/mol. The summed E-state index contributed by atoms with van der Waals surface area (Å²) < 4.78 is 5.79. The van der Waals surface area contributed by atoms with Crippen LogP contribution < -0.4 is 10.2 Å². The number of ether oxygens (including phenoxy) is 1. The minimum atomic E-state index is -0.362. The number of thioether (sulfide) groups is 1. The number of anilines is 1. The molecule has 1 N–H and O–H groups in total. The van der Waals surface area contributed by atoms with Crippen molar-refractivity contribution in [2.75, 3.05) is 37.7 Å². The van der Waals surface area contributed by atoms with Crippen molar-refractivity contribution in [3.8, 4) is 0 Å². The van der Waals surface area contributed by atoms with Gasteiger partial charge in [-0.15, -0.1) is 0 Å². The van der Waals surface area contributed by atoms with Crippen LogP contribution in [0.4, 0.5) is 5.69 Å². The lowest BCUT2D eigenvalue weighted by molar-refractivity contribution is -0.122. The van der Waals surface area contributed by atoms with Crippen LogP contribution in [0.3, 0.4) is 0 Å². The number of carbonyl (C=O) groups is 3. The Morgan fingerprint density at radius 3 is 2.54 bits per heavy atom. The maximum atomic E-state index is 13.5. The van der Waals surface area contributed by atoms with E-state index in [2.05, 4.69) is 5.32 Å². The molecule has 1 fully saturated rings. The molecule has 0 unspecified atom stereocenters. The van der Waals surface area contributed by atoms with Gasteiger partial charge in [0, 0.05) is 31.9 Å². The molecular formula is C26H27N3O4S2. The maximum Gasteiger partial charge on any atom is 0.267 e. The molecule has 2 aromatic rings. The fraction of sp³-hybridized carbons (Fsp3) is 0.308. The zero-order valence-corrected chi connectivity index (χ0v) is 21.1. The van der Waals surface area contributed by atoms with Crippen molar-refractivity contribution in [3.05, 3.63) is 70.6 Å². The number of thiocarbonyl (C=S) groups is 1. The van der Waals surface area contributed by atoms with Gasteiger partial charge >= 0.3 is 0 Å². The lowest BCUT2D eigenvalue weighted by Crippen LogP contribution is -2.39. The highest BCUT2D eigenvalue weighted by atomic mass is 32.2. The Balaban J connectivity index is 1.48. The SMILES string of the molecule is CCOCCCN1C(=O)C(=C2C(=O)N(CC(=O)NCCc3ccccc3)c3ccccc32)SC1=S. The molecule has 7 nitrogen and oxygen atoms in total. The zero-order chi connectivity index (χ0) is 24.8. The molecule has 2 aliphatic rings. The van der Waals surface area contributed by atoms with Crippen molar-refractivity contribution in [3.63, 3.8) is 0 Å². The number of nitrogens with zero attached hydrogens (tertiary/aromatic N) is 2. The van der Waals surface area contributed by atoms with E-state index in [-0.39, 0.29) is 24.3 Å². The van der Waals surface area contributed by atoms with Crippen LogP contribution in [0, 0.1) is 0 Å². The minimum Gasteiger partial charge on any atom is -0.382 e. The van der Waals surface area contributed by atoms with E-state index in [1.54, 1.807) is 12.1 Å². The fourth-order valence-electron chi connectivity index (χ4n) is 4.06. The van der Waals surface area contributed by atoms with E-state index in [4.69, 9.17) is 17.0 Å². The second kappa shape index (κ2) is 11.6. The van der Waals surface area contributed by atoms with E-state index < -0.39 is 0 Å². The highest BCUT2D eigenvalue weighted by Crippen LogP contribution is 2.44. The van der Waals surface area contributed by atoms with Gasteiger partial charge in [-0.05, 0) is 31.4 Å². The Bertz CT molecular complexity index is 1170. The standard InChI is InChI=1S/C26H27N3O4S2/c1-2-33-16-8-15-28-25(32)23(35-26(28)34)22-19-11-6-7-12-20(19)29(24(22)31)17-21(30)27-14-13-18-9-4-3-5-10-18/h3-7,9-12H,2,8,13-17H2,1H3,(H,27,30). The molecule has 2 heterocycles. The maximum absolute atomic E-state index is 13.5. The summed E-state index contributed by atoms with van der Waals surface area (Å²) in [4.78, 5) is 42.6. The molecule has 1 saturated heterocycles. The number of nitrogens with one attached hydrogen (secondary N) is 1. The van der Waals surface area contributed by atoms with Crippen LogP contribution in [0.1, 0.15) is 24.5 Å². The quantitative estimate of drug-likeness (QED) is 0.301. The molecule has 9 heteroatoms. The van der Waals surface area contributed by atoms with E-state index in [0.717, 1.165) is 17.3 Å². The second-order valence-corrected chi connectivity index (χ2v) is 9.72. The zero-order valence-electron chi connectivity index (χ0n) is 19.5. The lowest BCUT2D eigenvalue weighted by atomic mass is 10.1. The molecule has 182 valence electrons. The van der Waals surface area contributed by atoms with Gasteiger partial charge in [0.25, 0.3) is 11.8 Å². The van der Waals surface area contributed by atoms with Crippen molar-refractivity contribution >= 4 is 57.3 Å². The van der Waals surface area contributed by atoms with Gasteiger partial charge in [-0.25, -0.2) is 0 Å². The number of hydrogen-bond acceptors (Lipinski definition) is 6. The van der Waals surface area contributed by atoms with E-state index in [1.807, 2.05) is 49.4 Å². The molecule has 4 rings (SSSR count). The topological polar surface area (TPSA) is 79.0 Å². The first-order valence-corrected chi connectivity index (χ1v) is 12.8. The summed E-state index contributed by atoms with van der Waals surface area (Å²) in [7, 11) is 0. The first-order valence-electron chi connectivity index (χ1n) is 11.6. The van der Waals surface area contributed by atoms with Crippen molar-refractivity contribution in [1.82, 2.24) is 10.2 Å². The number of fused-ring (bicyclic) bond motifs is 1. The van der Waals surface area contributed by atoms with Crippen LogP contribution >= 0.6 is 24.0 Å². The highest BCUT2D eigenvalue weighted by Gasteiger charge is 2.42. The number of amides is 3. The summed E-state index contributed by atoms with van der Waals surface area (Å²) in [6.07, 6.45) is 1.36. The molecule has 35 heavy (non-hydrogen) atoms. The van der Waals surface area contributed by atoms with Gasteiger partial charge in [0.2, 0.25) is 5.91 Å². The van der Waals surface area contributed by atoms with Gasteiger partial charge in [0.1, 0.15) is 10.9 Å². The number of para-hydroxylation sites is 1. The number of benzene rings is 2. The molecule has 0 spiro atoms. The van der Waals surface area contributed by atoms with Crippen molar-refractivity contribution in [2.45, 2.75) is 19.8 Å². The Hall–Kier alpha value is -3.01. The molecule has 0 aromatic heterocycles. The fourth-order valence-corrected chi connectivity index (χ4v) is 5.44. The lowest BCUT2D eigenvalue weighted by Gasteiger charge is -2.17. The third kappa shape index (κ3) is 5.63. The van der Waals surface area contributed by atoms with Crippen LogP contribution in [-0.2, 0) is 25.5 Å². The first-order chi connectivity index (χ1) is 17.0. The normalized spacial score (nSPS) is 17.3. The molecular weight excluding hydrogens is 482 g/mol.